The van der Waals surface area contributed by atoms with E-state index in [9.17, 15) is 14.7 Å². The van der Waals surface area contributed by atoms with Crippen LogP contribution in [0.15, 0.2) is 30.3 Å². The standard InChI is InChI=1S/C18H26N2O3/c21-13-15-9-4-5-10-16(15)20-17(22)11-6-12-19-18(23)14-7-2-1-3-8-14/h1-3,7-8,15-16,21H,4-6,9-13H2,(H,19,23)(H,20,22). The summed E-state index contributed by atoms with van der Waals surface area (Å²) in [5.74, 6) is 0.0772. The minimum absolute atomic E-state index is 0.00399. The first-order valence-corrected chi connectivity index (χ1v) is 8.44. The number of rotatable bonds is 7. The maximum atomic E-state index is 12.0. The first kappa shape index (κ1) is 17.5. The molecule has 0 aliphatic heterocycles. The Hall–Kier alpha value is -1.88. The Morgan fingerprint density at radius 2 is 1.87 bits per heavy atom. The smallest absolute Gasteiger partial charge is 0.251 e. The van der Waals surface area contributed by atoms with Crippen LogP contribution in [0.25, 0.3) is 0 Å². The summed E-state index contributed by atoms with van der Waals surface area (Å²) in [6, 6.07) is 9.14. The Kier molecular flexibility index (Phi) is 7.07. The van der Waals surface area contributed by atoms with Crippen molar-refractivity contribution in [3.63, 3.8) is 0 Å². The molecule has 5 nitrogen and oxygen atoms in total. The predicted molar refractivity (Wildman–Crippen MR) is 89.0 cm³/mol. The zero-order valence-corrected chi connectivity index (χ0v) is 13.5. The van der Waals surface area contributed by atoms with Crippen molar-refractivity contribution in [2.24, 2.45) is 5.92 Å². The number of amides is 2. The molecule has 1 aromatic rings. The zero-order valence-electron chi connectivity index (χ0n) is 13.5. The number of aliphatic hydroxyl groups is 1. The highest BCUT2D eigenvalue weighted by atomic mass is 16.3. The van der Waals surface area contributed by atoms with Crippen LogP contribution in [0.3, 0.4) is 0 Å². The van der Waals surface area contributed by atoms with Gasteiger partial charge in [-0.15, -0.1) is 0 Å². The molecule has 2 atom stereocenters. The summed E-state index contributed by atoms with van der Waals surface area (Å²) in [6.07, 6.45) is 5.17. The van der Waals surface area contributed by atoms with Crippen molar-refractivity contribution < 1.29 is 14.7 Å². The lowest BCUT2D eigenvalue weighted by Crippen LogP contribution is -2.43. The fourth-order valence-electron chi connectivity index (χ4n) is 3.04. The molecule has 3 N–H and O–H groups in total. The molecule has 0 spiro atoms. The van der Waals surface area contributed by atoms with Crippen LogP contribution >= 0.6 is 0 Å². The molecule has 2 unspecified atom stereocenters. The Labute approximate surface area is 137 Å². The van der Waals surface area contributed by atoms with Gasteiger partial charge < -0.3 is 15.7 Å². The largest absolute Gasteiger partial charge is 0.396 e. The molecule has 23 heavy (non-hydrogen) atoms. The van der Waals surface area contributed by atoms with E-state index in [-0.39, 0.29) is 30.4 Å². The minimum atomic E-state index is -0.112. The van der Waals surface area contributed by atoms with Crippen molar-refractivity contribution in [2.75, 3.05) is 13.2 Å². The Morgan fingerprint density at radius 1 is 1.13 bits per heavy atom. The van der Waals surface area contributed by atoms with Crippen LogP contribution in [0.1, 0.15) is 48.9 Å². The van der Waals surface area contributed by atoms with Crippen molar-refractivity contribution in [3.8, 4) is 0 Å². The summed E-state index contributed by atoms with van der Waals surface area (Å²) in [4.78, 5) is 23.8. The highest BCUT2D eigenvalue weighted by molar-refractivity contribution is 5.94. The van der Waals surface area contributed by atoms with Crippen LogP contribution in [0, 0.1) is 5.92 Å². The summed E-state index contributed by atoms with van der Waals surface area (Å²) in [5, 5.41) is 15.2. The van der Waals surface area contributed by atoms with Crippen molar-refractivity contribution in [1.29, 1.82) is 0 Å². The van der Waals surface area contributed by atoms with Crippen LogP contribution < -0.4 is 10.6 Å². The number of nitrogens with one attached hydrogen (secondary N) is 2. The van der Waals surface area contributed by atoms with E-state index in [1.54, 1.807) is 12.1 Å². The first-order valence-electron chi connectivity index (χ1n) is 8.44. The van der Waals surface area contributed by atoms with Gasteiger partial charge in [0.15, 0.2) is 0 Å². The van der Waals surface area contributed by atoms with Gasteiger partial charge in [0.05, 0.1) is 0 Å². The van der Waals surface area contributed by atoms with Gasteiger partial charge in [-0.1, -0.05) is 31.0 Å². The van der Waals surface area contributed by atoms with Crippen molar-refractivity contribution in [1.82, 2.24) is 10.6 Å². The fourth-order valence-corrected chi connectivity index (χ4v) is 3.04. The molecule has 2 rings (SSSR count). The molecule has 126 valence electrons. The summed E-state index contributed by atoms with van der Waals surface area (Å²) < 4.78 is 0. The molecule has 0 heterocycles. The molecule has 0 radical (unpaired) electrons. The maximum Gasteiger partial charge on any atom is 0.251 e. The third-order valence-corrected chi connectivity index (χ3v) is 4.39. The van der Waals surface area contributed by atoms with Crippen molar-refractivity contribution in [2.45, 2.75) is 44.6 Å². The Balaban J connectivity index is 1.64. The monoisotopic (exact) mass is 318 g/mol. The van der Waals surface area contributed by atoms with Gasteiger partial charge in [0.2, 0.25) is 5.91 Å². The minimum Gasteiger partial charge on any atom is -0.396 e. The number of benzene rings is 1. The molecule has 0 aromatic heterocycles. The van der Waals surface area contributed by atoms with Gasteiger partial charge in [0.1, 0.15) is 0 Å². The molecule has 5 heteroatoms. The fraction of sp³-hybridized carbons (Fsp3) is 0.556. The molecule has 0 saturated heterocycles. The van der Waals surface area contributed by atoms with E-state index in [0.29, 0.717) is 24.9 Å². The Morgan fingerprint density at radius 3 is 2.61 bits per heavy atom. The van der Waals surface area contributed by atoms with E-state index in [4.69, 9.17) is 0 Å². The topological polar surface area (TPSA) is 78.4 Å². The van der Waals surface area contributed by atoms with E-state index in [1.807, 2.05) is 18.2 Å². The zero-order chi connectivity index (χ0) is 16.5. The number of carbonyl (C=O) groups excluding carboxylic acids is 2. The van der Waals surface area contributed by atoms with Crippen LogP contribution in [-0.2, 0) is 4.79 Å². The summed E-state index contributed by atoms with van der Waals surface area (Å²) in [5.41, 5.74) is 0.630. The molecule has 1 saturated carbocycles. The van der Waals surface area contributed by atoms with Crippen LogP contribution in [-0.4, -0.2) is 36.1 Å². The molecule has 1 fully saturated rings. The number of carbonyl (C=O) groups is 2. The molecule has 1 aliphatic carbocycles. The first-order chi connectivity index (χ1) is 11.2. The number of hydrogen-bond acceptors (Lipinski definition) is 3. The van der Waals surface area contributed by atoms with Gasteiger partial charge in [-0.3, -0.25) is 9.59 Å². The van der Waals surface area contributed by atoms with Crippen molar-refractivity contribution >= 4 is 11.8 Å². The highest BCUT2D eigenvalue weighted by Crippen LogP contribution is 2.23. The van der Waals surface area contributed by atoms with Gasteiger partial charge in [-0.25, -0.2) is 0 Å². The highest BCUT2D eigenvalue weighted by Gasteiger charge is 2.25. The second-order valence-corrected chi connectivity index (χ2v) is 6.13. The lowest BCUT2D eigenvalue weighted by molar-refractivity contribution is -0.122. The lowest BCUT2D eigenvalue weighted by atomic mass is 9.85. The van der Waals surface area contributed by atoms with Gasteiger partial charge in [-0.05, 0) is 31.4 Å². The predicted octanol–water partition coefficient (Wildman–Crippen LogP) is 1.86. The summed E-state index contributed by atoms with van der Waals surface area (Å²) >= 11 is 0. The van der Waals surface area contributed by atoms with E-state index in [2.05, 4.69) is 10.6 Å². The van der Waals surface area contributed by atoms with Gasteiger partial charge in [0, 0.05) is 37.1 Å². The molecule has 0 bridgehead atoms. The van der Waals surface area contributed by atoms with Gasteiger partial charge in [0.25, 0.3) is 5.91 Å². The SMILES string of the molecule is O=C(CCCNC(=O)c1ccccc1)NC1CCCCC1CO. The third-order valence-electron chi connectivity index (χ3n) is 4.39. The molecule has 1 aliphatic rings. The molecular weight excluding hydrogens is 292 g/mol. The normalized spacial score (nSPS) is 20.7. The second kappa shape index (κ2) is 9.30. The Bertz CT molecular complexity index is 504. The molecule has 2 amide bonds. The number of aliphatic hydroxyl groups excluding tert-OH is 1. The molecular formula is C18H26N2O3. The summed E-state index contributed by atoms with van der Waals surface area (Å²) in [7, 11) is 0. The molecule has 1 aromatic carbocycles. The van der Waals surface area contributed by atoms with E-state index in [0.717, 1.165) is 25.7 Å². The van der Waals surface area contributed by atoms with Crippen LogP contribution in [0.5, 0.6) is 0 Å². The van der Waals surface area contributed by atoms with Crippen LogP contribution in [0.4, 0.5) is 0 Å². The third kappa shape index (κ3) is 5.67. The number of hydrogen-bond donors (Lipinski definition) is 3. The lowest BCUT2D eigenvalue weighted by Gasteiger charge is -2.30. The maximum absolute atomic E-state index is 12.0. The van der Waals surface area contributed by atoms with Gasteiger partial charge >= 0.3 is 0 Å². The second-order valence-electron chi connectivity index (χ2n) is 6.13. The average molecular weight is 318 g/mol. The van der Waals surface area contributed by atoms with E-state index < -0.39 is 0 Å². The van der Waals surface area contributed by atoms with Crippen LogP contribution in [0.2, 0.25) is 0 Å². The van der Waals surface area contributed by atoms with Gasteiger partial charge in [-0.2, -0.15) is 0 Å². The van der Waals surface area contributed by atoms with E-state index >= 15 is 0 Å². The average Bonchev–Trinajstić information content (AvgIpc) is 2.59. The van der Waals surface area contributed by atoms with E-state index in [1.165, 1.54) is 0 Å². The van der Waals surface area contributed by atoms with Crippen molar-refractivity contribution in [3.05, 3.63) is 35.9 Å². The summed E-state index contributed by atoms with van der Waals surface area (Å²) in [6.45, 7) is 0.618. The quantitative estimate of drug-likeness (QED) is 0.672.